The van der Waals surface area contributed by atoms with E-state index in [2.05, 4.69) is 16.2 Å². The summed E-state index contributed by atoms with van der Waals surface area (Å²) in [5, 5.41) is 5.24. The number of amides is 1. The Kier molecular flexibility index (Phi) is 5.66. The molecule has 164 valence electrons. The molecule has 5 rings (SSSR count). The van der Waals surface area contributed by atoms with Crippen LogP contribution >= 0.6 is 22.9 Å². The van der Waals surface area contributed by atoms with Gasteiger partial charge in [-0.25, -0.2) is 4.98 Å². The molecule has 0 saturated carbocycles. The summed E-state index contributed by atoms with van der Waals surface area (Å²) in [6, 6.07) is 18.9. The number of benzene rings is 2. The molecule has 33 heavy (non-hydrogen) atoms. The van der Waals surface area contributed by atoms with Gasteiger partial charge in [-0.15, -0.1) is 0 Å². The van der Waals surface area contributed by atoms with Gasteiger partial charge < -0.3 is 4.52 Å². The molecule has 0 aliphatic rings. The number of thiazole rings is 1. The number of rotatable bonds is 5. The summed E-state index contributed by atoms with van der Waals surface area (Å²) >= 11 is 7.88. The topological polar surface area (TPSA) is 72.1 Å². The molecule has 3 aromatic heterocycles. The van der Waals surface area contributed by atoms with Gasteiger partial charge in [0.15, 0.2) is 5.13 Å². The van der Waals surface area contributed by atoms with Crippen LogP contribution in [-0.2, 0) is 6.54 Å². The monoisotopic (exact) mass is 474 g/mol. The van der Waals surface area contributed by atoms with Gasteiger partial charge in [0.2, 0.25) is 0 Å². The van der Waals surface area contributed by atoms with E-state index < -0.39 is 0 Å². The molecule has 1 amide bonds. The average molecular weight is 475 g/mol. The maximum atomic E-state index is 14.0. The molecule has 3 heterocycles. The molecule has 0 fully saturated rings. The van der Waals surface area contributed by atoms with Crippen molar-refractivity contribution in [2.75, 3.05) is 4.90 Å². The maximum Gasteiger partial charge on any atom is 0.266 e. The van der Waals surface area contributed by atoms with Crippen LogP contribution in [0.15, 0.2) is 71.4 Å². The Morgan fingerprint density at radius 3 is 2.70 bits per heavy atom. The van der Waals surface area contributed by atoms with E-state index in [1.54, 1.807) is 24.1 Å². The highest BCUT2D eigenvalue weighted by Crippen LogP contribution is 2.35. The van der Waals surface area contributed by atoms with Crippen molar-refractivity contribution in [3.63, 3.8) is 0 Å². The molecule has 2 aromatic carbocycles. The van der Waals surface area contributed by atoms with Crippen LogP contribution in [0.5, 0.6) is 0 Å². The fourth-order valence-electron chi connectivity index (χ4n) is 3.61. The van der Waals surface area contributed by atoms with Gasteiger partial charge in [-0.3, -0.25) is 14.7 Å². The zero-order valence-electron chi connectivity index (χ0n) is 17.9. The lowest BCUT2D eigenvalue weighted by Gasteiger charge is -2.19. The number of hydrogen-bond acceptors (Lipinski definition) is 6. The fourth-order valence-corrected chi connectivity index (χ4v) is 4.90. The van der Waals surface area contributed by atoms with E-state index in [-0.39, 0.29) is 12.5 Å². The number of carbonyl (C=O) groups excluding carboxylic acids is 1. The third kappa shape index (κ3) is 4.13. The molecule has 0 spiro atoms. The molecule has 6 nitrogen and oxygen atoms in total. The highest BCUT2D eigenvalue weighted by Gasteiger charge is 2.30. The number of aromatic nitrogens is 3. The zero-order chi connectivity index (χ0) is 22.9. The van der Waals surface area contributed by atoms with Gasteiger partial charge in [-0.1, -0.05) is 58.4 Å². The highest BCUT2D eigenvalue weighted by atomic mass is 35.5. The lowest BCUT2D eigenvalue weighted by Crippen LogP contribution is -2.31. The second-order valence-electron chi connectivity index (χ2n) is 7.62. The number of carbonyl (C=O) groups is 1. The summed E-state index contributed by atoms with van der Waals surface area (Å²) in [6.45, 7) is 4.01. The van der Waals surface area contributed by atoms with Crippen LogP contribution in [-0.4, -0.2) is 21.0 Å². The lowest BCUT2D eigenvalue weighted by atomic mass is 10.0. The molecule has 0 unspecified atom stereocenters. The number of halogens is 1. The van der Waals surface area contributed by atoms with Crippen molar-refractivity contribution in [1.29, 1.82) is 0 Å². The predicted molar refractivity (Wildman–Crippen MR) is 131 cm³/mol. The van der Waals surface area contributed by atoms with Gasteiger partial charge in [0.25, 0.3) is 5.91 Å². The standard InChI is InChI=1S/C25H19ClN4O2S/c1-15-10-11-20-21(13-15)33-25(28-20)30(14-17-7-5-6-12-27-17)24(31)22-16(2)32-29-23(22)18-8-3-4-9-19(18)26/h3-13H,14H2,1-2H3. The lowest BCUT2D eigenvalue weighted by molar-refractivity contribution is 0.0984. The van der Waals surface area contributed by atoms with E-state index in [1.807, 2.05) is 55.5 Å². The Labute approximate surface area is 199 Å². The number of aryl methyl sites for hydroxylation is 2. The fraction of sp³-hybridized carbons (Fsp3) is 0.120. The van der Waals surface area contributed by atoms with E-state index in [0.29, 0.717) is 32.7 Å². The summed E-state index contributed by atoms with van der Waals surface area (Å²) in [5.41, 5.74) is 4.12. The van der Waals surface area contributed by atoms with Crippen LogP contribution in [0.3, 0.4) is 0 Å². The van der Waals surface area contributed by atoms with Gasteiger partial charge in [0.05, 0.1) is 27.5 Å². The zero-order valence-corrected chi connectivity index (χ0v) is 19.5. The quantitative estimate of drug-likeness (QED) is 0.292. The Balaban J connectivity index is 1.63. The number of hydrogen-bond donors (Lipinski definition) is 0. The van der Waals surface area contributed by atoms with E-state index in [1.165, 1.54) is 11.3 Å². The first-order valence-corrected chi connectivity index (χ1v) is 11.5. The van der Waals surface area contributed by atoms with Crippen LogP contribution < -0.4 is 4.90 Å². The first-order valence-electron chi connectivity index (χ1n) is 10.3. The minimum Gasteiger partial charge on any atom is -0.360 e. The summed E-state index contributed by atoms with van der Waals surface area (Å²) in [6.07, 6.45) is 1.71. The third-order valence-electron chi connectivity index (χ3n) is 5.26. The Hall–Kier alpha value is -3.55. The van der Waals surface area contributed by atoms with Crippen LogP contribution in [0.1, 0.15) is 27.4 Å². The van der Waals surface area contributed by atoms with Crippen molar-refractivity contribution < 1.29 is 9.32 Å². The Bertz CT molecular complexity index is 1460. The van der Waals surface area contributed by atoms with Crippen LogP contribution in [0, 0.1) is 13.8 Å². The normalized spacial score (nSPS) is 11.1. The van der Waals surface area contributed by atoms with Crippen LogP contribution in [0.2, 0.25) is 5.02 Å². The molecular weight excluding hydrogens is 456 g/mol. The average Bonchev–Trinajstić information content (AvgIpc) is 3.41. The highest BCUT2D eigenvalue weighted by molar-refractivity contribution is 7.22. The van der Waals surface area contributed by atoms with Gasteiger partial charge in [0, 0.05) is 11.8 Å². The Morgan fingerprint density at radius 1 is 1.09 bits per heavy atom. The predicted octanol–water partition coefficient (Wildman–Crippen LogP) is 6.46. The van der Waals surface area contributed by atoms with Gasteiger partial charge in [-0.2, -0.15) is 0 Å². The largest absolute Gasteiger partial charge is 0.360 e. The van der Waals surface area contributed by atoms with E-state index in [0.717, 1.165) is 21.5 Å². The number of fused-ring (bicyclic) bond motifs is 1. The maximum absolute atomic E-state index is 14.0. The molecule has 8 heteroatoms. The smallest absolute Gasteiger partial charge is 0.266 e. The molecule has 0 saturated heterocycles. The van der Waals surface area contributed by atoms with Crippen LogP contribution in [0.25, 0.3) is 21.5 Å². The molecule has 0 aliphatic heterocycles. The first-order chi connectivity index (χ1) is 16.0. The third-order valence-corrected chi connectivity index (χ3v) is 6.63. The van der Waals surface area contributed by atoms with E-state index >= 15 is 0 Å². The molecule has 5 aromatic rings. The number of nitrogens with zero attached hydrogens (tertiary/aromatic N) is 4. The van der Waals surface area contributed by atoms with Gasteiger partial charge in [0.1, 0.15) is 17.0 Å². The number of pyridine rings is 1. The van der Waals surface area contributed by atoms with Crippen LogP contribution in [0.4, 0.5) is 5.13 Å². The summed E-state index contributed by atoms with van der Waals surface area (Å²) in [7, 11) is 0. The van der Waals surface area contributed by atoms with Crippen molar-refractivity contribution in [1.82, 2.24) is 15.1 Å². The Morgan fingerprint density at radius 2 is 1.91 bits per heavy atom. The van der Waals surface area contributed by atoms with E-state index in [9.17, 15) is 4.79 Å². The molecule has 0 N–H and O–H groups in total. The minimum atomic E-state index is -0.273. The van der Waals surface area contributed by atoms with Crippen molar-refractivity contribution in [2.45, 2.75) is 20.4 Å². The second kappa shape index (κ2) is 8.77. The molecule has 0 radical (unpaired) electrons. The number of anilines is 1. The second-order valence-corrected chi connectivity index (χ2v) is 9.04. The summed E-state index contributed by atoms with van der Waals surface area (Å²) < 4.78 is 6.46. The molecular formula is C25H19ClN4O2S. The van der Waals surface area contributed by atoms with Crippen molar-refractivity contribution in [3.05, 3.63) is 94.5 Å². The van der Waals surface area contributed by atoms with Gasteiger partial charge in [-0.05, 0) is 49.7 Å². The SMILES string of the molecule is Cc1ccc2nc(N(Cc3ccccn3)C(=O)c3c(-c4ccccc4Cl)noc3C)sc2c1. The molecule has 0 aliphatic carbocycles. The van der Waals surface area contributed by atoms with Crippen molar-refractivity contribution in [2.24, 2.45) is 0 Å². The molecule has 0 bridgehead atoms. The summed E-state index contributed by atoms with van der Waals surface area (Å²) in [4.78, 5) is 24.8. The van der Waals surface area contributed by atoms with Gasteiger partial charge >= 0.3 is 0 Å². The first kappa shape index (κ1) is 21.3. The van der Waals surface area contributed by atoms with Crippen molar-refractivity contribution in [3.8, 4) is 11.3 Å². The molecule has 0 atom stereocenters. The van der Waals surface area contributed by atoms with Crippen molar-refractivity contribution >= 4 is 44.2 Å². The minimum absolute atomic E-state index is 0.255. The summed E-state index contributed by atoms with van der Waals surface area (Å²) in [5.74, 6) is 0.142. The van der Waals surface area contributed by atoms with E-state index in [4.69, 9.17) is 21.1 Å².